The Kier molecular flexibility index (Phi) is 3.11. The van der Waals surface area contributed by atoms with Crippen LogP contribution in [-0.4, -0.2) is 11.5 Å². The highest BCUT2D eigenvalue weighted by Crippen LogP contribution is 2.31. The number of alkyl halides is 1. The fraction of sp³-hybridized carbons (Fsp3) is 0.333. The number of fused-ring (bicyclic) bond motifs is 1. The first-order valence-electron chi connectivity index (χ1n) is 6.45. The van der Waals surface area contributed by atoms with Crippen LogP contribution in [0.3, 0.4) is 0 Å². The molecule has 2 heterocycles. The van der Waals surface area contributed by atoms with Crippen molar-refractivity contribution in [3.63, 3.8) is 0 Å². The molecule has 1 aromatic heterocycles. The van der Waals surface area contributed by atoms with Crippen molar-refractivity contribution in [2.24, 2.45) is 0 Å². The summed E-state index contributed by atoms with van der Waals surface area (Å²) in [5, 5.41) is 3.40. The maximum absolute atomic E-state index is 13.0. The van der Waals surface area contributed by atoms with Crippen LogP contribution in [0.1, 0.15) is 34.1 Å². The summed E-state index contributed by atoms with van der Waals surface area (Å²) in [5.74, 6) is -0.244. The normalized spacial score (nSPS) is 18.4. The number of aromatic amines is 1. The molecule has 1 unspecified atom stereocenters. The molecule has 2 aromatic rings. The lowest BCUT2D eigenvalue weighted by atomic mass is 9.94. The molecule has 0 radical (unpaired) electrons. The third-order valence-corrected chi connectivity index (χ3v) is 3.87. The molecule has 3 rings (SSSR count). The maximum atomic E-state index is 13.0. The van der Waals surface area contributed by atoms with Crippen LogP contribution in [0, 0.1) is 12.7 Å². The second kappa shape index (κ2) is 4.78. The average Bonchev–Trinajstić information content (AvgIpc) is 2.77. The van der Waals surface area contributed by atoms with Crippen LogP contribution in [0.25, 0.3) is 0 Å². The third kappa shape index (κ3) is 2.06. The number of halogens is 2. The second-order valence-corrected chi connectivity index (χ2v) is 4.94. The number of aromatic nitrogens is 1. The lowest BCUT2D eigenvalue weighted by molar-refractivity contribution is 0.474. The van der Waals surface area contributed by atoms with Gasteiger partial charge in [-0.15, -0.1) is 0 Å². The van der Waals surface area contributed by atoms with Gasteiger partial charge < -0.3 is 10.3 Å². The highest BCUT2D eigenvalue weighted by molar-refractivity contribution is 5.43. The molecule has 4 heteroatoms. The fourth-order valence-electron chi connectivity index (χ4n) is 2.80. The molecule has 1 aliphatic heterocycles. The van der Waals surface area contributed by atoms with Crippen LogP contribution in [0.2, 0.25) is 0 Å². The van der Waals surface area contributed by atoms with Crippen LogP contribution < -0.4 is 5.32 Å². The minimum atomic E-state index is -0.477. The number of rotatable bonds is 2. The summed E-state index contributed by atoms with van der Waals surface area (Å²) in [5.41, 5.74) is 4.88. The topological polar surface area (TPSA) is 27.8 Å². The van der Waals surface area contributed by atoms with E-state index in [-0.39, 0.29) is 11.9 Å². The molecule has 0 bridgehead atoms. The molecule has 2 nitrogen and oxygen atoms in total. The first-order valence-corrected chi connectivity index (χ1v) is 6.45. The quantitative estimate of drug-likeness (QED) is 0.854. The van der Waals surface area contributed by atoms with Gasteiger partial charge in [-0.2, -0.15) is 0 Å². The molecule has 1 atom stereocenters. The van der Waals surface area contributed by atoms with Crippen LogP contribution >= 0.6 is 0 Å². The van der Waals surface area contributed by atoms with Crippen LogP contribution in [0.4, 0.5) is 8.78 Å². The molecule has 2 N–H and O–H groups in total. The second-order valence-electron chi connectivity index (χ2n) is 4.94. The van der Waals surface area contributed by atoms with Crippen LogP contribution in [0.15, 0.2) is 24.3 Å². The van der Waals surface area contributed by atoms with Gasteiger partial charge in [-0.3, -0.25) is 0 Å². The molecule has 0 fully saturated rings. The summed E-state index contributed by atoms with van der Waals surface area (Å²) in [6.45, 7) is 2.33. The highest BCUT2D eigenvalue weighted by atomic mass is 19.1. The van der Waals surface area contributed by atoms with Crippen molar-refractivity contribution in [2.45, 2.75) is 26.1 Å². The zero-order valence-corrected chi connectivity index (χ0v) is 10.8. The zero-order chi connectivity index (χ0) is 13.4. The van der Waals surface area contributed by atoms with Crippen molar-refractivity contribution in [3.05, 3.63) is 58.2 Å². The van der Waals surface area contributed by atoms with Gasteiger partial charge in [0.25, 0.3) is 0 Å². The zero-order valence-electron chi connectivity index (χ0n) is 10.8. The molecule has 100 valence electrons. The van der Waals surface area contributed by atoms with E-state index in [2.05, 4.69) is 10.3 Å². The van der Waals surface area contributed by atoms with E-state index >= 15 is 0 Å². The fourth-order valence-corrected chi connectivity index (χ4v) is 2.80. The van der Waals surface area contributed by atoms with Crippen molar-refractivity contribution in [3.8, 4) is 0 Å². The van der Waals surface area contributed by atoms with Crippen molar-refractivity contribution in [2.75, 3.05) is 6.54 Å². The predicted molar refractivity (Wildman–Crippen MR) is 70.3 cm³/mol. The summed E-state index contributed by atoms with van der Waals surface area (Å²) in [6, 6.07) is 6.44. The molecular weight excluding hydrogens is 246 g/mol. The number of hydrogen-bond donors (Lipinski definition) is 2. The van der Waals surface area contributed by atoms with E-state index in [4.69, 9.17) is 0 Å². The molecule has 0 spiro atoms. The van der Waals surface area contributed by atoms with E-state index in [0.29, 0.717) is 5.69 Å². The number of benzene rings is 1. The minimum absolute atomic E-state index is 0.0108. The number of H-pyrrole nitrogens is 1. The average molecular weight is 262 g/mol. The predicted octanol–water partition coefficient (Wildman–Crippen LogP) is 3.17. The number of hydrogen-bond acceptors (Lipinski definition) is 1. The lowest BCUT2D eigenvalue weighted by Gasteiger charge is -2.25. The summed E-state index contributed by atoms with van der Waals surface area (Å²) in [6.07, 6.45) is 0.898. The first-order chi connectivity index (χ1) is 9.20. The maximum Gasteiger partial charge on any atom is 0.129 e. The summed E-state index contributed by atoms with van der Waals surface area (Å²) < 4.78 is 25.9. The molecule has 0 saturated heterocycles. The molecule has 1 aliphatic rings. The Morgan fingerprint density at radius 1 is 1.26 bits per heavy atom. The Labute approximate surface area is 110 Å². The SMILES string of the molecule is Cc1c(CF)[nH]c2c1CCNC2c1ccc(F)cc1. The highest BCUT2D eigenvalue weighted by Gasteiger charge is 2.26. The molecule has 0 aliphatic carbocycles. The Balaban J connectivity index is 2.05. The Morgan fingerprint density at radius 3 is 2.68 bits per heavy atom. The van der Waals surface area contributed by atoms with E-state index < -0.39 is 6.67 Å². The molecule has 1 aromatic carbocycles. The van der Waals surface area contributed by atoms with E-state index in [0.717, 1.165) is 29.8 Å². The van der Waals surface area contributed by atoms with E-state index in [1.807, 2.05) is 6.92 Å². The molecule has 19 heavy (non-hydrogen) atoms. The Hall–Kier alpha value is -1.68. The molecule has 0 saturated carbocycles. The Morgan fingerprint density at radius 2 is 2.00 bits per heavy atom. The van der Waals surface area contributed by atoms with Crippen LogP contribution in [-0.2, 0) is 13.1 Å². The van der Waals surface area contributed by atoms with E-state index in [1.54, 1.807) is 12.1 Å². The Bertz CT molecular complexity index is 587. The molecule has 0 amide bonds. The summed E-state index contributed by atoms with van der Waals surface area (Å²) in [4.78, 5) is 3.18. The minimum Gasteiger partial charge on any atom is -0.358 e. The van der Waals surface area contributed by atoms with Crippen molar-refractivity contribution < 1.29 is 8.78 Å². The van der Waals surface area contributed by atoms with Crippen molar-refractivity contribution in [1.29, 1.82) is 0 Å². The standard InChI is InChI=1S/C15H16F2N2/c1-9-12-6-7-18-14(15(12)19-13(9)8-16)10-2-4-11(17)5-3-10/h2-5,14,18-19H,6-8H2,1H3. The van der Waals surface area contributed by atoms with E-state index in [9.17, 15) is 8.78 Å². The summed E-state index contributed by atoms with van der Waals surface area (Å²) >= 11 is 0. The third-order valence-electron chi connectivity index (χ3n) is 3.87. The van der Waals surface area contributed by atoms with Gasteiger partial charge in [-0.05, 0) is 42.2 Å². The monoisotopic (exact) mass is 262 g/mol. The van der Waals surface area contributed by atoms with Gasteiger partial charge in [-0.1, -0.05) is 12.1 Å². The van der Waals surface area contributed by atoms with Gasteiger partial charge in [-0.25, -0.2) is 8.78 Å². The van der Waals surface area contributed by atoms with Gasteiger partial charge >= 0.3 is 0 Å². The first kappa shape index (κ1) is 12.4. The van der Waals surface area contributed by atoms with E-state index in [1.165, 1.54) is 17.7 Å². The van der Waals surface area contributed by atoms with Gasteiger partial charge in [0.2, 0.25) is 0 Å². The van der Waals surface area contributed by atoms with Gasteiger partial charge in [0.1, 0.15) is 12.5 Å². The number of nitrogens with one attached hydrogen (secondary N) is 2. The van der Waals surface area contributed by atoms with Gasteiger partial charge in [0, 0.05) is 17.9 Å². The molecular formula is C15H16F2N2. The largest absolute Gasteiger partial charge is 0.358 e. The van der Waals surface area contributed by atoms with Gasteiger partial charge in [0.05, 0.1) is 6.04 Å². The smallest absolute Gasteiger partial charge is 0.129 e. The summed E-state index contributed by atoms with van der Waals surface area (Å²) in [7, 11) is 0. The van der Waals surface area contributed by atoms with Crippen molar-refractivity contribution >= 4 is 0 Å². The van der Waals surface area contributed by atoms with Crippen LogP contribution in [0.5, 0.6) is 0 Å². The lowest BCUT2D eigenvalue weighted by Crippen LogP contribution is -2.30. The van der Waals surface area contributed by atoms with Crippen molar-refractivity contribution in [1.82, 2.24) is 10.3 Å². The van der Waals surface area contributed by atoms with Gasteiger partial charge in [0.15, 0.2) is 0 Å².